The van der Waals surface area contributed by atoms with E-state index in [1.165, 1.54) is 7.11 Å². The van der Waals surface area contributed by atoms with E-state index in [4.69, 9.17) is 10.5 Å². The molecule has 162 valence electrons. The van der Waals surface area contributed by atoms with Crippen LogP contribution in [-0.2, 0) is 9.53 Å². The molecule has 0 bridgehead atoms. The molecule has 2 aromatic rings. The van der Waals surface area contributed by atoms with E-state index in [9.17, 15) is 9.59 Å². The average molecular weight is 430 g/mol. The number of anilines is 1. The Morgan fingerprint density at radius 2 is 1.83 bits per heavy atom. The molecule has 1 amide bonds. The number of hydrogen-bond donors (Lipinski definition) is 4. The first-order valence-corrected chi connectivity index (χ1v) is 10.7. The molecule has 7 heteroatoms. The predicted molar refractivity (Wildman–Crippen MR) is 125 cm³/mol. The van der Waals surface area contributed by atoms with E-state index in [-0.39, 0.29) is 17.9 Å². The van der Waals surface area contributed by atoms with Crippen LogP contribution in [0.15, 0.2) is 48.5 Å². The molecule has 0 saturated heterocycles. The van der Waals surface area contributed by atoms with Crippen molar-refractivity contribution in [2.45, 2.75) is 32.4 Å². The van der Waals surface area contributed by atoms with E-state index < -0.39 is 12.0 Å². The average Bonchev–Trinajstić information content (AvgIpc) is 2.76. The van der Waals surface area contributed by atoms with Crippen LogP contribution in [0.1, 0.15) is 30.6 Å². The van der Waals surface area contributed by atoms with Gasteiger partial charge in [0.1, 0.15) is 6.04 Å². The van der Waals surface area contributed by atoms with E-state index >= 15 is 0 Å². The van der Waals surface area contributed by atoms with E-state index in [2.05, 4.69) is 23.3 Å². The molecule has 0 fully saturated rings. The van der Waals surface area contributed by atoms with Gasteiger partial charge >= 0.3 is 5.97 Å². The van der Waals surface area contributed by atoms with Crippen LogP contribution < -0.4 is 16.4 Å². The lowest BCUT2D eigenvalue weighted by atomic mass is 9.97. The molecule has 2 rings (SSSR count). The van der Waals surface area contributed by atoms with Crippen molar-refractivity contribution >= 4 is 30.2 Å². The van der Waals surface area contributed by atoms with Crippen molar-refractivity contribution in [3.8, 4) is 11.1 Å². The maximum absolute atomic E-state index is 13.1. The van der Waals surface area contributed by atoms with Crippen molar-refractivity contribution < 1.29 is 14.3 Å². The molecular weight excluding hydrogens is 398 g/mol. The van der Waals surface area contributed by atoms with Crippen LogP contribution in [0, 0.1) is 5.92 Å². The number of thiol groups is 1. The summed E-state index contributed by atoms with van der Waals surface area (Å²) in [6.07, 6.45) is 0.500. The van der Waals surface area contributed by atoms with Gasteiger partial charge in [0.25, 0.3) is 5.91 Å². The third kappa shape index (κ3) is 6.78. The topological polar surface area (TPSA) is 93.4 Å². The van der Waals surface area contributed by atoms with E-state index in [0.29, 0.717) is 24.3 Å². The van der Waals surface area contributed by atoms with Crippen LogP contribution in [0.5, 0.6) is 0 Å². The van der Waals surface area contributed by atoms with Crippen LogP contribution in [0.4, 0.5) is 5.69 Å². The van der Waals surface area contributed by atoms with E-state index in [1.807, 2.05) is 56.3 Å². The summed E-state index contributed by atoms with van der Waals surface area (Å²) in [4.78, 5) is 25.2. The smallest absolute Gasteiger partial charge is 0.328 e. The number of amides is 1. The summed E-state index contributed by atoms with van der Waals surface area (Å²) in [6, 6.07) is 14.4. The fraction of sp³-hybridized carbons (Fsp3) is 0.391. The number of rotatable bonds is 10. The molecule has 0 aliphatic rings. The second kappa shape index (κ2) is 11.6. The van der Waals surface area contributed by atoms with E-state index in [1.54, 1.807) is 6.07 Å². The lowest BCUT2D eigenvalue weighted by Crippen LogP contribution is -2.42. The van der Waals surface area contributed by atoms with Gasteiger partial charge in [-0.1, -0.05) is 44.2 Å². The third-order valence-corrected chi connectivity index (χ3v) is 5.12. The highest BCUT2D eigenvalue weighted by Crippen LogP contribution is 2.27. The van der Waals surface area contributed by atoms with Gasteiger partial charge in [-0.2, -0.15) is 12.6 Å². The fourth-order valence-corrected chi connectivity index (χ4v) is 3.22. The number of nitrogens with two attached hydrogens (primary N) is 1. The molecule has 0 aliphatic carbocycles. The van der Waals surface area contributed by atoms with Crippen LogP contribution in [0.25, 0.3) is 11.1 Å². The fourth-order valence-electron chi connectivity index (χ4n) is 3.09. The van der Waals surface area contributed by atoms with Crippen molar-refractivity contribution in [3.63, 3.8) is 0 Å². The Hall–Kier alpha value is -2.51. The van der Waals surface area contributed by atoms with Gasteiger partial charge in [-0.25, -0.2) is 4.79 Å². The highest BCUT2D eigenvalue weighted by atomic mass is 32.1. The summed E-state index contributed by atoms with van der Waals surface area (Å²) >= 11 is 4.21. The van der Waals surface area contributed by atoms with Crippen molar-refractivity contribution in [1.29, 1.82) is 0 Å². The van der Waals surface area contributed by atoms with Crippen LogP contribution in [-0.4, -0.2) is 43.4 Å². The molecule has 0 spiro atoms. The van der Waals surface area contributed by atoms with Gasteiger partial charge in [0.15, 0.2) is 0 Å². The van der Waals surface area contributed by atoms with Gasteiger partial charge in [0.05, 0.1) is 7.11 Å². The Kier molecular flexibility index (Phi) is 9.20. The number of ether oxygens (including phenoxy) is 1. The molecule has 2 unspecified atom stereocenters. The van der Waals surface area contributed by atoms with Crippen molar-refractivity contribution in [2.24, 2.45) is 11.7 Å². The number of hydrogen-bond acceptors (Lipinski definition) is 6. The van der Waals surface area contributed by atoms with Gasteiger partial charge in [-0.3, -0.25) is 4.79 Å². The maximum atomic E-state index is 13.1. The number of benzene rings is 2. The van der Waals surface area contributed by atoms with Crippen molar-refractivity contribution in [1.82, 2.24) is 5.32 Å². The molecule has 0 heterocycles. The molecule has 2 aromatic carbocycles. The number of esters is 1. The van der Waals surface area contributed by atoms with Gasteiger partial charge in [0, 0.05) is 29.6 Å². The maximum Gasteiger partial charge on any atom is 0.328 e. The first-order valence-electron chi connectivity index (χ1n) is 10.0. The first kappa shape index (κ1) is 23.8. The molecule has 0 aliphatic heterocycles. The Morgan fingerprint density at radius 3 is 2.43 bits per heavy atom. The molecule has 2 atom stereocenters. The quantitative estimate of drug-likeness (QED) is 0.343. The Bertz CT molecular complexity index is 843. The lowest BCUT2D eigenvalue weighted by Gasteiger charge is -2.20. The summed E-state index contributed by atoms with van der Waals surface area (Å²) in [7, 11) is 1.33. The largest absolute Gasteiger partial charge is 0.467 e. The molecule has 0 radical (unpaired) electrons. The van der Waals surface area contributed by atoms with Crippen LogP contribution >= 0.6 is 12.6 Å². The molecular formula is C23H31N3O3S. The highest BCUT2D eigenvalue weighted by molar-refractivity contribution is 7.80. The van der Waals surface area contributed by atoms with Crippen LogP contribution in [0.2, 0.25) is 0 Å². The minimum Gasteiger partial charge on any atom is -0.467 e. The van der Waals surface area contributed by atoms with E-state index in [0.717, 1.165) is 16.8 Å². The zero-order chi connectivity index (χ0) is 22.1. The normalized spacial score (nSPS) is 12.9. The van der Waals surface area contributed by atoms with Gasteiger partial charge < -0.3 is 21.1 Å². The summed E-state index contributed by atoms with van der Waals surface area (Å²) in [5.41, 5.74) is 8.96. The Balaban J connectivity index is 2.35. The summed E-state index contributed by atoms with van der Waals surface area (Å²) in [5.74, 6) is 0.0375. The molecule has 30 heavy (non-hydrogen) atoms. The van der Waals surface area contributed by atoms with Crippen LogP contribution in [0.3, 0.4) is 0 Å². The molecule has 4 N–H and O–H groups in total. The zero-order valence-corrected chi connectivity index (χ0v) is 18.6. The highest BCUT2D eigenvalue weighted by Gasteiger charge is 2.24. The van der Waals surface area contributed by atoms with Gasteiger partial charge in [-0.05, 0) is 41.7 Å². The van der Waals surface area contributed by atoms with Crippen molar-refractivity contribution in [3.05, 3.63) is 54.1 Å². The third-order valence-electron chi connectivity index (χ3n) is 4.65. The summed E-state index contributed by atoms with van der Waals surface area (Å²) in [5, 5.41) is 6.13. The minimum absolute atomic E-state index is 0.0756. The second-order valence-corrected chi connectivity index (χ2v) is 7.99. The standard InChI is InChI=1S/C23H31N3O3S/c1-15(2)11-21(23(28)29-3)26-22(27)19-10-9-18(25-13-17(24)14-30)12-20(19)16-7-5-4-6-8-16/h4-10,12,15,17,21,25,30H,11,13-14,24H2,1-3H3,(H,26,27). The molecule has 0 saturated carbocycles. The SMILES string of the molecule is COC(=O)C(CC(C)C)NC(=O)c1ccc(NCC(N)CS)cc1-c1ccccc1. The van der Waals surface area contributed by atoms with Crippen molar-refractivity contribution in [2.75, 3.05) is 24.7 Å². The molecule has 6 nitrogen and oxygen atoms in total. The first-order chi connectivity index (χ1) is 14.3. The van der Waals surface area contributed by atoms with Gasteiger partial charge in [0.2, 0.25) is 0 Å². The lowest BCUT2D eigenvalue weighted by molar-refractivity contribution is -0.143. The number of carbonyl (C=O) groups excluding carboxylic acids is 2. The zero-order valence-electron chi connectivity index (χ0n) is 17.7. The Morgan fingerprint density at radius 1 is 1.13 bits per heavy atom. The number of carbonyl (C=O) groups is 2. The Labute approximate surface area is 184 Å². The number of nitrogens with one attached hydrogen (secondary N) is 2. The second-order valence-electron chi connectivity index (χ2n) is 7.63. The molecule has 0 aromatic heterocycles. The number of methoxy groups -OCH3 is 1. The monoisotopic (exact) mass is 429 g/mol. The minimum atomic E-state index is -0.697. The van der Waals surface area contributed by atoms with Gasteiger partial charge in [-0.15, -0.1) is 0 Å². The predicted octanol–water partition coefficient (Wildman–Crippen LogP) is 3.34. The summed E-state index contributed by atoms with van der Waals surface area (Å²) in [6.45, 7) is 4.56. The summed E-state index contributed by atoms with van der Waals surface area (Å²) < 4.78 is 4.87.